The van der Waals surface area contributed by atoms with Crippen LogP contribution in [-0.4, -0.2) is 38.2 Å². The highest BCUT2D eigenvalue weighted by atomic mass is 127. The molecular formula is C21H20Cl4IN3O4. The van der Waals surface area contributed by atoms with E-state index in [1.807, 2.05) is 49.4 Å². The average molecular weight is 647 g/mol. The van der Waals surface area contributed by atoms with Crippen LogP contribution in [0.15, 0.2) is 22.6 Å². The van der Waals surface area contributed by atoms with Crippen LogP contribution in [-0.2, 0) is 4.74 Å². The summed E-state index contributed by atoms with van der Waals surface area (Å²) in [5.74, 6) is 0.726. The lowest BCUT2D eigenvalue weighted by atomic mass is 10.1. The second-order valence-corrected chi connectivity index (χ2v) is 10.7. The maximum atomic E-state index is 12.4. The van der Waals surface area contributed by atoms with Crippen LogP contribution >= 0.6 is 69.0 Å². The first kappa shape index (κ1) is 26.4. The fourth-order valence-electron chi connectivity index (χ4n) is 3.14. The Kier molecular flexibility index (Phi) is 8.48. The van der Waals surface area contributed by atoms with Gasteiger partial charge in [0.25, 0.3) is 0 Å². The van der Waals surface area contributed by atoms with Gasteiger partial charge in [0.2, 0.25) is 0 Å². The van der Waals surface area contributed by atoms with Crippen LogP contribution in [0.1, 0.15) is 45.4 Å². The Morgan fingerprint density at radius 2 is 1.79 bits per heavy atom. The van der Waals surface area contributed by atoms with Gasteiger partial charge in [0.15, 0.2) is 5.58 Å². The quantitative estimate of drug-likeness (QED) is 0.214. The Bertz CT molecular complexity index is 1090. The molecule has 1 aliphatic heterocycles. The number of carbonyl (C=O) groups is 1. The Morgan fingerprint density at radius 1 is 1.15 bits per heavy atom. The van der Waals surface area contributed by atoms with Gasteiger partial charge < -0.3 is 14.3 Å². The molecule has 4 heterocycles. The molecule has 4 rings (SSSR count). The molecule has 0 aromatic carbocycles. The normalized spacial score (nSPS) is 16.0. The van der Waals surface area contributed by atoms with Crippen molar-refractivity contribution in [3.63, 3.8) is 0 Å². The van der Waals surface area contributed by atoms with Crippen LogP contribution in [0.3, 0.4) is 0 Å². The summed E-state index contributed by atoms with van der Waals surface area (Å²) in [5, 5.41) is 10.1. The number of ether oxygens (including phenoxy) is 1. The molecule has 3 aromatic rings. The maximum absolute atomic E-state index is 12.4. The molecule has 0 unspecified atom stereocenters. The Morgan fingerprint density at radius 3 is 2.42 bits per heavy atom. The molecule has 0 aliphatic carbocycles. The van der Waals surface area contributed by atoms with E-state index in [0.29, 0.717) is 32.1 Å². The van der Waals surface area contributed by atoms with E-state index in [0.717, 1.165) is 12.8 Å². The number of pyridine rings is 2. The minimum absolute atomic E-state index is 0.0509. The van der Waals surface area contributed by atoms with E-state index in [1.165, 1.54) is 6.07 Å². The third-order valence-corrected chi connectivity index (χ3v) is 6.65. The molecule has 1 atom stereocenters. The fraction of sp³-hybridized carbons (Fsp3) is 0.381. The first-order valence-electron chi connectivity index (χ1n) is 9.81. The second kappa shape index (κ2) is 10.6. The standard InChI is InChI=1S/C16H18Cl2N2O3.C5H2Cl2INO/c1-16(2,3)23-15(21)20-6-4-5-11(20)13-8-10-12(22-13)7-9(17)14(18)19-10;6-2-1-3(10)5(8)9-4(2)7/h7-8,11H,4-6H2,1-3H3;1,10H/t11-;/m1./s1. The van der Waals surface area contributed by atoms with E-state index in [4.69, 9.17) is 60.7 Å². The summed E-state index contributed by atoms with van der Waals surface area (Å²) in [7, 11) is 0. The fourth-order valence-corrected chi connectivity index (χ4v) is 4.25. The van der Waals surface area contributed by atoms with Crippen molar-refractivity contribution in [2.24, 2.45) is 0 Å². The largest absolute Gasteiger partial charge is 0.505 e. The van der Waals surface area contributed by atoms with E-state index in [9.17, 15) is 4.79 Å². The number of halogens is 5. The second-order valence-electron chi connectivity index (χ2n) is 8.20. The Balaban J connectivity index is 0.000000257. The topological polar surface area (TPSA) is 88.7 Å². The van der Waals surface area contributed by atoms with Crippen molar-refractivity contribution in [3.05, 3.63) is 48.0 Å². The van der Waals surface area contributed by atoms with Gasteiger partial charge in [0, 0.05) is 24.7 Å². The SMILES string of the molecule is CC(C)(C)OC(=O)N1CCC[C@@H]1c1cc2nc(Cl)c(Cl)cc2o1.Oc1cc(Cl)c(Cl)nc1I. The summed E-state index contributed by atoms with van der Waals surface area (Å²) < 4.78 is 11.8. The molecule has 0 saturated carbocycles. The van der Waals surface area contributed by atoms with Crippen LogP contribution in [0, 0.1) is 3.70 Å². The van der Waals surface area contributed by atoms with Gasteiger partial charge >= 0.3 is 6.09 Å². The number of fused-ring (bicyclic) bond motifs is 1. The molecule has 1 saturated heterocycles. The van der Waals surface area contributed by atoms with Crippen LogP contribution in [0.5, 0.6) is 5.75 Å². The lowest BCUT2D eigenvalue weighted by molar-refractivity contribution is 0.0209. The molecule has 12 heteroatoms. The Hall–Kier alpha value is -1.20. The molecule has 0 radical (unpaired) electrons. The number of rotatable bonds is 1. The number of likely N-dealkylation sites (tertiary alicyclic amines) is 1. The summed E-state index contributed by atoms with van der Waals surface area (Å²) in [6.45, 7) is 6.20. The summed E-state index contributed by atoms with van der Waals surface area (Å²) in [4.78, 5) is 22.0. The molecule has 178 valence electrons. The number of hydrogen-bond donors (Lipinski definition) is 1. The van der Waals surface area contributed by atoms with Crippen LogP contribution in [0.25, 0.3) is 11.1 Å². The van der Waals surface area contributed by atoms with Gasteiger partial charge in [0.1, 0.15) is 36.6 Å². The zero-order chi connectivity index (χ0) is 24.5. The molecule has 0 bridgehead atoms. The zero-order valence-corrected chi connectivity index (χ0v) is 23.0. The first-order chi connectivity index (χ1) is 15.4. The van der Waals surface area contributed by atoms with Gasteiger partial charge in [-0.15, -0.1) is 0 Å². The van der Waals surface area contributed by atoms with E-state index in [2.05, 4.69) is 9.97 Å². The molecule has 3 aromatic heterocycles. The molecular weight excluding hydrogens is 627 g/mol. The van der Waals surface area contributed by atoms with Crippen molar-refractivity contribution < 1.29 is 19.1 Å². The van der Waals surface area contributed by atoms with Crippen LogP contribution in [0.4, 0.5) is 4.79 Å². The molecule has 1 fully saturated rings. The van der Waals surface area contributed by atoms with Crippen molar-refractivity contribution in [2.45, 2.75) is 45.3 Å². The molecule has 1 amide bonds. The van der Waals surface area contributed by atoms with Crippen molar-refractivity contribution in [1.29, 1.82) is 0 Å². The molecule has 1 N–H and O–H groups in total. The number of furan rings is 1. The lowest BCUT2D eigenvalue weighted by Gasteiger charge is -2.27. The summed E-state index contributed by atoms with van der Waals surface area (Å²) in [6, 6.07) is 4.66. The summed E-state index contributed by atoms with van der Waals surface area (Å²) in [6.07, 6.45) is 1.39. The number of nitrogens with zero attached hydrogens (tertiary/aromatic N) is 3. The number of aromatic hydroxyl groups is 1. The minimum Gasteiger partial charge on any atom is -0.505 e. The third kappa shape index (κ3) is 6.69. The minimum atomic E-state index is -0.527. The predicted molar refractivity (Wildman–Crippen MR) is 138 cm³/mol. The molecule has 7 nitrogen and oxygen atoms in total. The monoisotopic (exact) mass is 645 g/mol. The van der Waals surface area contributed by atoms with Gasteiger partial charge in [0.05, 0.1) is 16.1 Å². The predicted octanol–water partition coefficient (Wildman–Crippen LogP) is 7.91. The van der Waals surface area contributed by atoms with E-state index in [1.54, 1.807) is 11.0 Å². The lowest BCUT2D eigenvalue weighted by Crippen LogP contribution is -2.36. The molecule has 33 heavy (non-hydrogen) atoms. The molecule has 0 spiro atoms. The molecule has 1 aliphatic rings. The van der Waals surface area contributed by atoms with Gasteiger partial charge in [-0.3, -0.25) is 4.90 Å². The van der Waals surface area contributed by atoms with Gasteiger partial charge in [-0.1, -0.05) is 46.4 Å². The number of amides is 1. The highest BCUT2D eigenvalue weighted by molar-refractivity contribution is 14.1. The van der Waals surface area contributed by atoms with Gasteiger partial charge in [-0.05, 0) is 56.2 Å². The van der Waals surface area contributed by atoms with E-state index >= 15 is 0 Å². The number of carbonyl (C=O) groups excluding carboxylic acids is 1. The summed E-state index contributed by atoms with van der Waals surface area (Å²) in [5.41, 5.74) is 0.664. The van der Waals surface area contributed by atoms with Crippen molar-refractivity contribution in [1.82, 2.24) is 14.9 Å². The smallest absolute Gasteiger partial charge is 0.410 e. The third-order valence-electron chi connectivity index (χ3n) is 4.51. The van der Waals surface area contributed by atoms with Gasteiger partial charge in [-0.2, -0.15) is 0 Å². The Labute approximate surface area is 224 Å². The van der Waals surface area contributed by atoms with Crippen LogP contribution < -0.4 is 0 Å². The van der Waals surface area contributed by atoms with Crippen molar-refractivity contribution in [2.75, 3.05) is 6.54 Å². The number of aromatic nitrogens is 2. The highest BCUT2D eigenvalue weighted by Crippen LogP contribution is 2.37. The van der Waals surface area contributed by atoms with Gasteiger partial charge in [-0.25, -0.2) is 14.8 Å². The average Bonchev–Trinajstić information content (AvgIpc) is 3.33. The maximum Gasteiger partial charge on any atom is 0.410 e. The first-order valence-corrected chi connectivity index (χ1v) is 12.4. The zero-order valence-electron chi connectivity index (χ0n) is 17.8. The summed E-state index contributed by atoms with van der Waals surface area (Å²) >= 11 is 24.8. The van der Waals surface area contributed by atoms with Crippen molar-refractivity contribution in [3.8, 4) is 5.75 Å². The van der Waals surface area contributed by atoms with E-state index in [-0.39, 0.29) is 33.2 Å². The highest BCUT2D eigenvalue weighted by Gasteiger charge is 2.35. The number of hydrogen-bond acceptors (Lipinski definition) is 6. The van der Waals surface area contributed by atoms with E-state index < -0.39 is 5.60 Å². The van der Waals surface area contributed by atoms with Crippen LogP contribution in [0.2, 0.25) is 20.4 Å². The van der Waals surface area contributed by atoms with Crippen molar-refractivity contribution >= 4 is 86.2 Å².